The van der Waals surface area contributed by atoms with Crippen LogP contribution in [0.5, 0.6) is 0 Å². The molecule has 0 aromatic heterocycles. The number of hydrogen-bond donors (Lipinski definition) is 1. The first-order chi connectivity index (χ1) is 12.5. The Bertz CT molecular complexity index is 647. The zero-order valence-electron chi connectivity index (χ0n) is 15.4. The van der Waals surface area contributed by atoms with Crippen LogP contribution < -0.4 is 5.73 Å². The first kappa shape index (κ1) is 18.8. The Morgan fingerprint density at radius 2 is 1.73 bits per heavy atom. The summed E-state index contributed by atoms with van der Waals surface area (Å²) >= 11 is 0. The molecule has 0 bridgehead atoms. The second-order valence-corrected chi connectivity index (χ2v) is 7.64. The molecule has 3 unspecified atom stereocenters. The third kappa shape index (κ3) is 4.23. The topological polar surface area (TPSA) is 66.6 Å². The average Bonchev–Trinajstić information content (AvgIpc) is 2.67. The van der Waals surface area contributed by atoms with E-state index < -0.39 is 0 Å². The van der Waals surface area contributed by atoms with Gasteiger partial charge in [-0.05, 0) is 62.8 Å². The number of nitrogens with two attached hydrogens (primary N) is 1. The molecule has 0 radical (unpaired) electrons. The van der Waals surface area contributed by atoms with Crippen molar-refractivity contribution in [3.8, 4) is 0 Å². The first-order valence-electron chi connectivity index (χ1n) is 9.55. The van der Waals surface area contributed by atoms with Gasteiger partial charge in [-0.2, -0.15) is 0 Å². The van der Waals surface area contributed by atoms with Gasteiger partial charge in [0.25, 0.3) is 5.91 Å². The van der Waals surface area contributed by atoms with E-state index in [0.717, 1.165) is 38.8 Å². The van der Waals surface area contributed by atoms with Gasteiger partial charge in [0.15, 0.2) is 0 Å². The van der Waals surface area contributed by atoms with Crippen LogP contribution in [-0.2, 0) is 4.79 Å². The van der Waals surface area contributed by atoms with Crippen molar-refractivity contribution in [1.29, 1.82) is 0 Å². The van der Waals surface area contributed by atoms with E-state index in [1.165, 1.54) is 24.3 Å². The monoisotopic (exact) mass is 361 g/mol. The number of likely N-dealkylation sites (tertiary alicyclic amines) is 2. The zero-order valence-corrected chi connectivity index (χ0v) is 15.4. The second kappa shape index (κ2) is 8.16. The third-order valence-electron chi connectivity index (χ3n) is 5.66. The summed E-state index contributed by atoms with van der Waals surface area (Å²) in [6.45, 7) is 4.59. The normalized spacial score (nSPS) is 25.0. The van der Waals surface area contributed by atoms with E-state index in [4.69, 9.17) is 5.73 Å². The molecule has 0 aliphatic carbocycles. The largest absolute Gasteiger partial charge is 0.342 e. The lowest BCUT2D eigenvalue weighted by Gasteiger charge is -2.39. The molecular formula is C20H28FN3O2. The predicted molar refractivity (Wildman–Crippen MR) is 98.0 cm³/mol. The lowest BCUT2D eigenvalue weighted by Crippen LogP contribution is -2.50. The van der Waals surface area contributed by atoms with Crippen LogP contribution in [0.4, 0.5) is 4.39 Å². The molecular weight excluding hydrogens is 333 g/mol. The van der Waals surface area contributed by atoms with Gasteiger partial charge in [0.2, 0.25) is 5.91 Å². The third-order valence-corrected chi connectivity index (χ3v) is 5.66. The van der Waals surface area contributed by atoms with Crippen molar-refractivity contribution in [2.24, 2.45) is 17.6 Å². The van der Waals surface area contributed by atoms with Crippen LogP contribution >= 0.6 is 0 Å². The van der Waals surface area contributed by atoms with Gasteiger partial charge in [-0.15, -0.1) is 0 Å². The Morgan fingerprint density at radius 3 is 2.42 bits per heavy atom. The number of benzene rings is 1. The first-order valence-corrected chi connectivity index (χ1v) is 9.55. The molecule has 2 aliphatic heterocycles. The highest BCUT2D eigenvalue weighted by Gasteiger charge is 2.34. The molecule has 142 valence electrons. The molecule has 3 atom stereocenters. The van der Waals surface area contributed by atoms with Crippen LogP contribution in [0.25, 0.3) is 0 Å². The standard InChI is InChI=1S/C20H28FN3O2/c1-14(22)16-4-2-10-23(12-16)20(26)17-5-3-11-24(13-17)19(25)15-6-8-18(21)9-7-15/h6-9,14,16-17H,2-5,10-13,22H2,1H3. The van der Waals surface area contributed by atoms with Gasteiger partial charge in [-0.1, -0.05) is 0 Å². The Morgan fingerprint density at radius 1 is 1.08 bits per heavy atom. The molecule has 26 heavy (non-hydrogen) atoms. The molecule has 2 N–H and O–H groups in total. The fourth-order valence-electron chi connectivity index (χ4n) is 4.04. The van der Waals surface area contributed by atoms with Gasteiger partial charge in [0.05, 0.1) is 5.92 Å². The fraction of sp³-hybridized carbons (Fsp3) is 0.600. The molecule has 2 saturated heterocycles. The van der Waals surface area contributed by atoms with Crippen molar-refractivity contribution < 1.29 is 14.0 Å². The Balaban J connectivity index is 1.63. The van der Waals surface area contributed by atoms with Crippen LogP contribution in [0.2, 0.25) is 0 Å². The van der Waals surface area contributed by atoms with E-state index in [0.29, 0.717) is 24.6 Å². The van der Waals surface area contributed by atoms with Gasteiger partial charge < -0.3 is 15.5 Å². The van der Waals surface area contributed by atoms with E-state index in [9.17, 15) is 14.0 Å². The van der Waals surface area contributed by atoms with Crippen molar-refractivity contribution in [1.82, 2.24) is 9.80 Å². The number of amides is 2. The van der Waals surface area contributed by atoms with Crippen molar-refractivity contribution >= 4 is 11.8 Å². The minimum Gasteiger partial charge on any atom is -0.342 e. The van der Waals surface area contributed by atoms with Gasteiger partial charge in [-0.3, -0.25) is 9.59 Å². The minimum atomic E-state index is -0.359. The van der Waals surface area contributed by atoms with Gasteiger partial charge >= 0.3 is 0 Å². The highest BCUT2D eigenvalue weighted by atomic mass is 19.1. The quantitative estimate of drug-likeness (QED) is 0.898. The van der Waals surface area contributed by atoms with E-state index in [2.05, 4.69) is 0 Å². The van der Waals surface area contributed by atoms with Crippen LogP contribution in [-0.4, -0.2) is 53.8 Å². The Hall–Kier alpha value is -1.95. The lowest BCUT2D eigenvalue weighted by atomic mass is 9.90. The van der Waals surface area contributed by atoms with Crippen molar-refractivity contribution in [2.75, 3.05) is 26.2 Å². The molecule has 1 aromatic carbocycles. The maximum absolute atomic E-state index is 13.1. The summed E-state index contributed by atoms with van der Waals surface area (Å²) in [6, 6.07) is 5.68. The zero-order chi connectivity index (χ0) is 18.7. The van der Waals surface area contributed by atoms with E-state index in [1.54, 1.807) is 4.90 Å². The lowest BCUT2D eigenvalue weighted by molar-refractivity contribution is -0.138. The SMILES string of the molecule is CC(N)C1CCCN(C(=O)C2CCCN(C(=O)c3ccc(F)cc3)C2)C1. The smallest absolute Gasteiger partial charge is 0.253 e. The van der Waals surface area contributed by atoms with E-state index in [-0.39, 0.29) is 29.6 Å². The van der Waals surface area contributed by atoms with Gasteiger partial charge in [0.1, 0.15) is 5.82 Å². The number of carbonyl (C=O) groups is 2. The number of carbonyl (C=O) groups excluding carboxylic acids is 2. The number of halogens is 1. The molecule has 2 fully saturated rings. The van der Waals surface area contributed by atoms with Crippen LogP contribution in [0.15, 0.2) is 24.3 Å². The number of hydrogen-bond acceptors (Lipinski definition) is 3. The Labute approximate surface area is 154 Å². The summed E-state index contributed by atoms with van der Waals surface area (Å²) in [5.41, 5.74) is 6.49. The summed E-state index contributed by atoms with van der Waals surface area (Å²) in [4.78, 5) is 29.3. The average molecular weight is 361 g/mol. The number of rotatable bonds is 3. The minimum absolute atomic E-state index is 0.0912. The van der Waals surface area contributed by atoms with Crippen LogP contribution in [0.3, 0.4) is 0 Å². The molecule has 5 nitrogen and oxygen atoms in total. The summed E-state index contributed by atoms with van der Waals surface area (Å²) in [7, 11) is 0. The summed E-state index contributed by atoms with van der Waals surface area (Å²) in [6.07, 6.45) is 3.68. The highest BCUT2D eigenvalue weighted by Crippen LogP contribution is 2.25. The molecule has 2 heterocycles. The molecule has 3 rings (SSSR count). The number of nitrogens with zero attached hydrogens (tertiary/aromatic N) is 2. The summed E-state index contributed by atoms with van der Waals surface area (Å²) < 4.78 is 13.1. The molecule has 2 amide bonds. The predicted octanol–water partition coefficient (Wildman–Crippen LogP) is 2.26. The van der Waals surface area contributed by atoms with Gasteiger partial charge in [-0.25, -0.2) is 4.39 Å². The van der Waals surface area contributed by atoms with Crippen molar-refractivity contribution in [3.05, 3.63) is 35.6 Å². The van der Waals surface area contributed by atoms with Gasteiger partial charge in [0, 0.05) is 37.8 Å². The summed E-state index contributed by atoms with van der Waals surface area (Å²) in [5, 5.41) is 0. The van der Waals surface area contributed by atoms with Crippen LogP contribution in [0.1, 0.15) is 43.0 Å². The molecule has 1 aromatic rings. The van der Waals surface area contributed by atoms with E-state index in [1.807, 2.05) is 11.8 Å². The molecule has 2 aliphatic rings. The van der Waals surface area contributed by atoms with Crippen LogP contribution in [0, 0.1) is 17.7 Å². The molecule has 0 saturated carbocycles. The molecule has 6 heteroatoms. The fourth-order valence-corrected chi connectivity index (χ4v) is 4.04. The maximum Gasteiger partial charge on any atom is 0.253 e. The maximum atomic E-state index is 13.1. The van der Waals surface area contributed by atoms with Crippen molar-refractivity contribution in [3.63, 3.8) is 0 Å². The summed E-state index contributed by atoms with van der Waals surface area (Å²) in [5.74, 6) is -0.142. The van der Waals surface area contributed by atoms with E-state index >= 15 is 0 Å². The highest BCUT2D eigenvalue weighted by molar-refractivity contribution is 5.94. The number of piperidine rings is 2. The van der Waals surface area contributed by atoms with Crippen molar-refractivity contribution in [2.45, 2.75) is 38.6 Å². The second-order valence-electron chi connectivity index (χ2n) is 7.64. The Kier molecular flexibility index (Phi) is 5.91. The molecule has 0 spiro atoms.